The molecule has 2 aromatic carbocycles. The van der Waals surface area contributed by atoms with Crippen LogP contribution in [0.4, 0.5) is 8.78 Å². The molecule has 0 atom stereocenters. The number of carbonyl (C=O) groups is 1. The summed E-state index contributed by atoms with van der Waals surface area (Å²) in [7, 11) is 0. The molecule has 1 aliphatic rings. The van der Waals surface area contributed by atoms with Gasteiger partial charge < -0.3 is 14.2 Å². The van der Waals surface area contributed by atoms with Crippen molar-refractivity contribution >= 4 is 12.0 Å². The molecule has 4 nitrogen and oxygen atoms in total. The predicted molar refractivity (Wildman–Crippen MR) is 110 cm³/mol. The highest BCUT2D eigenvalue weighted by Crippen LogP contribution is 2.20. The van der Waals surface area contributed by atoms with Gasteiger partial charge in [-0.2, -0.15) is 0 Å². The number of nitrogens with one attached hydrogen (secondary N) is 1. The van der Waals surface area contributed by atoms with E-state index in [-0.39, 0.29) is 23.6 Å². The van der Waals surface area contributed by atoms with Gasteiger partial charge in [0.2, 0.25) is 5.91 Å². The molecule has 0 aliphatic carbocycles. The van der Waals surface area contributed by atoms with Crippen molar-refractivity contribution in [2.75, 3.05) is 26.2 Å². The summed E-state index contributed by atoms with van der Waals surface area (Å²) in [6.45, 7) is 2.69. The summed E-state index contributed by atoms with van der Waals surface area (Å²) >= 11 is 0. The summed E-state index contributed by atoms with van der Waals surface area (Å²) in [4.78, 5) is 15.6. The Labute approximate surface area is 174 Å². The minimum absolute atomic E-state index is 0.0504. The molecule has 0 radical (unpaired) electrons. The Morgan fingerprint density at radius 2 is 1.50 bits per heavy atom. The fraction of sp³-hybridized carbons (Fsp3) is 0.208. The summed E-state index contributed by atoms with van der Waals surface area (Å²) in [5.74, 6) is 0.0154. The van der Waals surface area contributed by atoms with Gasteiger partial charge in [-0.25, -0.2) is 8.78 Å². The highest BCUT2D eigenvalue weighted by Gasteiger charge is 2.31. The van der Waals surface area contributed by atoms with Crippen molar-refractivity contribution in [3.63, 3.8) is 0 Å². The van der Waals surface area contributed by atoms with Gasteiger partial charge in [-0.15, -0.1) is 0 Å². The van der Waals surface area contributed by atoms with Gasteiger partial charge in [0.15, 0.2) is 0 Å². The predicted octanol–water partition coefficient (Wildman–Crippen LogP) is 3.09. The van der Waals surface area contributed by atoms with Gasteiger partial charge in [0.05, 0.1) is 32.4 Å². The van der Waals surface area contributed by atoms with Crippen LogP contribution in [0.15, 0.2) is 77.4 Å². The van der Waals surface area contributed by atoms with Gasteiger partial charge in [0.1, 0.15) is 23.4 Å². The molecule has 1 fully saturated rings. The third-order valence-electron chi connectivity index (χ3n) is 5.47. The molecule has 0 unspecified atom stereocenters. The number of carbonyl (C=O) groups excluding carboxylic acids is 1. The summed E-state index contributed by atoms with van der Waals surface area (Å²) < 4.78 is 32.1. The summed E-state index contributed by atoms with van der Waals surface area (Å²) in [5, 5.41) is 0. The van der Waals surface area contributed by atoms with Crippen molar-refractivity contribution in [3.8, 4) is 0 Å². The Morgan fingerprint density at radius 1 is 0.933 bits per heavy atom. The Bertz CT molecular complexity index is 945. The first kappa shape index (κ1) is 20.0. The van der Waals surface area contributed by atoms with Crippen LogP contribution < -0.4 is 4.90 Å². The largest absolute Gasteiger partial charge is 0.465 e. The van der Waals surface area contributed by atoms with Crippen molar-refractivity contribution < 1.29 is 22.9 Å². The third-order valence-corrected chi connectivity index (χ3v) is 5.47. The van der Waals surface area contributed by atoms with E-state index in [0.717, 1.165) is 24.2 Å². The number of halogens is 2. The molecule has 30 heavy (non-hydrogen) atoms. The van der Waals surface area contributed by atoms with Crippen LogP contribution in [0.5, 0.6) is 0 Å². The maximum absolute atomic E-state index is 13.4. The van der Waals surface area contributed by atoms with E-state index in [1.807, 2.05) is 4.90 Å². The standard InChI is InChI=1S/C24H22F2N2O2/c25-20-7-3-18(4-8-20)24(19-5-9-21(26)10-6-19)28-15-13-27(14-16-28)23(29)12-11-22-2-1-17-30-22/h1-12,17,24H,13-16H2/p+1/b12-11+. The summed E-state index contributed by atoms with van der Waals surface area (Å²) in [5.41, 5.74) is 1.94. The van der Waals surface area contributed by atoms with E-state index in [1.165, 1.54) is 35.2 Å². The van der Waals surface area contributed by atoms with E-state index < -0.39 is 0 Å². The second kappa shape index (κ2) is 9.05. The lowest BCUT2D eigenvalue weighted by Gasteiger charge is -2.36. The van der Waals surface area contributed by atoms with Gasteiger partial charge in [-0.05, 0) is 66.7 Å². The van der Waals surface area contributed by atoms with Crippen LogP contribution in [-0.4, -0.2) is 37.0 Å². The number of hydrogen-bond acceptors (Lipinski definition) is 2. The maximum atomic E-state index is 13.4. The molecule has 1 N–H and O–H groups in total. The molecule has 1 amide bonds. The highest BCUT2D eigenvalue weighted by atomic mass is 19.1. The smallest absolute Gasteiger partial charge is 0.247 e. The highest BCUT2D eigenvalue weighted by molar-refractivity contribution is 5.91. The van der Waals surface area contributed by atoms with Crippen molar-refractivity contribution in [3.05, 3.63) is 102 Å². The van der Waals surface area contributed by atoms with Crippen LogP contribution in [0.2, 0.25) is 0 Å². The van der Waals surface area contributed by atoms with Crippen LogP contribution >= 0.6 is 0 Å². The van der Waals surface area contributed by atoms with Crippen molar-refractivity contribution in [1.82, 2.24) is 4.90 Å². The summed E-state index contributed by atoms with van der Waals surface area (Å²) in [6, 6.07) is 16.4. The van der Waals surface area contributed by atoms with Crippen LogP contribution in [0, 0.1) is 11.6 Å². The Kier molecular flexibility index (Phi) is 6.05. The second-order valence-corrected chi connectivity index (χ2v) is 7.37. The molecule has 1 saturated heterocycles. The molecule has 2 heterocycles. The monoisotopic (exact) mass is 409 g/mol. The molecule has 0 saturated carbocycles. The first-order chi connectivity index (χ1) is 14.6. The average molecular weight is 409 g/mol. The zero-order valence-electron chi connectivity index (χ0n) is 16.4. The lowest BCUT2D eigenvalue weighted by Crippen LogP contribution is -3.15. The zero-order chi connectivity index (χ0) is 20.9. The first-order valence-electron chi connectivity index (χ1n) is 9.96. The van der Waals surface area contributed by atoms with Crippen LogP contribution in [0.1, 0.15) is 22.9 Å². The molecule has 1 aromatic heterocycles. The quantitative estimate of drug-likeness (QED) is 0.658. The number of hydrogen-bond donors (Lipinski definition) is 1. The average Bonchev–Trinajstić information content (AvgIpc) is 3.29. The zero-order valence-corrected chi connectivity index (χ0v) is 16.4. The van der Waals surface area contributed by atoms with E-state index in [0.29, 0.717) is 18.8 Å². The van der Waals surface area contributed by atoms with E-state index in [1.54, 1.807) is 48.7 Å². The topological polar surface area (TPSA) is 37.9 Å². The van der Waals surface area contributed by atoms with E-state index in [2.05, 4.69) is 0 Å². The van der Waals surface area contributed by atoms with Crippen LogP contribution in [-0.2, 0) is 4.79 Å². The Hall–Kier alpha value is -3.25. The molecule has 0 bridgehead atoms. The third kappa shape index (κ3) is 4.66. The van der Waals surface area contributed by atoms with E-state index in [9.17, 15) is 13.6 Å². The lowest BCUT2D eigenvalue weighted by molar-refractivity contribution is -0.929. The van der Waals surface area contributed by atoms with E-state index in [4.69, 9.17) is 4.42 Å². The molecular formula is C24H23F2N2O2+. The number of rotatable bonds is 5. The van der Waals surface area contributed by atoms with Crippen molar-refractivity contribution in [2.45, 2.75) is 6.04 Å². The van der Waals surface area contributed by atoms with Gasteiger partial charge in [-0.3, -0.25) is 4.79 Å². The number of furan rings is 1. The van der Waals surface area contributed by atoms with Crippen LogP contribution in [0.25, 0.3) is 6.08 Å². The van der Waals surface area contributed by atoms with Gasteiger partial charge in [-0.1, -0.05) is 0 Å². The normalized spacial score (nSPS) is 15.2. The molecule has 4 rings (SSSR count). The molecule has 154 valence electrons. The number of benzene rings is 2. The van der Waals surface area contributed by atoms with Crippen molar-refractivity contribution in [1.29, 1.82) is 0 Å². The van der Waals surface area contributed by atoms with Gasteiger partial charge >= 0.3 is 0 Å². The fourth-order valence-corrected chi connectivity index (χ4v) is 3.92. The lowest BCUT2D eigenvalue weighted by atomic mass is 9.96. The number of amides is 1. The van der Waals surface area contributed by atoms with Crippen molar-refractivity contribution in [2.24, 2.45) is 0 Å². The number of piperazine rings is 1. The SMILES string of the molecule is O=C(/C=C/c1ccco1)N1CC[NH+](C(c2ccc(F)cc2)c2ccc(F)cc2)CC1. The number of quaternary nitrogens is 1. The van der Waals surface area contributed by atoms with Gasteiger partial charge in [0.25, 0.3) is 0 Å². The molecule has 6 heteroatoms. The first-order valence-corrected chi connectivity index (χ1v) is 9.96. The number of nitrogens with zero attached hydrogens (tertiary/aromatic N) is 1. The molecule has 0 spiro atoms. The Balaban J connectivity index is 1.48. The summed E-state index contributed by atoms with van der Waals surface area (Å²) in [6.07, 6.45) is 4.76. The molecule has 3 aromatic rings. The van der Waals surface area contributed by atoms with Crippen LogP contribution in [0.3, 0.4) is 0 Å². The minimum atomic E-state index is -0.287. The molecular weight excluding hydrogens is 386 g/mol. The minimum Gasteiger partial charge on any atom is -0.465 e. The second-order valence-electron chi connectivity index (χ2n) is 7.37. The van der Waals surface area contributed by atoms with Gasteiger partial charge in [0, 0.05) is 17.2 Å². The van der Waals surface area contributed by atoms with E-state index >= 15 is 0 Å². The fourth-order valence-electron chi connectivity index (χ4n) is 3.92. The maximum Gasteiger partial charge on any atom is 0.247 e. The Morgan fingerprint density at radius 3 is 2.00 bits per heavy atom. The molecule has 1 aliphatic heterocycles.